The fraction of sp³-hybridized carbons (Fsp3) is 0.385. The number of benzene rings is 1. The van der Waals surface area contributed by atoms with Gasteiger partial charge in [0, 0.05) is 13.7 Å². The molecule has 1 unspecified atom stereocenters. The minimum absolute atomic E-state index is 0.199. The van der Waals surface area contributed by atoms with E-state index in [-0.39, 0.29) is 5.91 Å². The van der Waals surface area contributed by atoms with Crippen molar-refractivity contribution in [2.45, 2.75) is 18.9 Å². The van der Waals surface area contributed by atoms with Gasteiger partial charge < -0.3 is 15.8 Å². The number of ether oxygens (including phenoxy) is 1. The lowest BCUT2D eigenvalue weighted by Gasteiger charge is -2.09. The van der Waals surface area contributed by atoms with Gasteiger partial charge in [-0.2, -0.15) is 0 Å². The van der Waals surface area contributed by atoms with Gasteiger partial charge >= 0.3 is 0 Å². The van der Waals surface area contributed by atoms with Gasteiger partial charge in [-0.3, -0.25) is 4.79 Å². The molecule has 0 radical (unpaired) electrons. The summed E-state index contributed by atoms with van der Waals surface area (Å²) >= 11 is 1.45. The molecule has 1 amide bonds. The van der Waals surface area contributed by atoms with Gasteiger partial charge in [-0.1, -0.05) is 23.5 Å². The van der Waals surface area contributed by atoms with Crippen molar-refractivity contribution in [2.75, 3.05) is 19.0 Å². The third-order valence-electron chi connectivity index (χ3n) is 2.72. The van der Waals surface area contributed by atoms with Crippen LogP contribution in [0.5, 0.6) is 0 Å². The molecule has 102 valence electrons. The van der Waals surface area contributed by atoms with E-state index < -0.39 is 6.04 Å². The molecule has 0 spiro atoms. The molecule has 0 aliphatic carbocycles. The van der Waals surface area contributed by atoms with Crippen LogP contribution in [0.15, 0.2) is 24.3 Å². The molecule has 0 fully saturated rings. The molecule has 0 aliphatic heterocycles. The molecule has 2 rings (SSSR count). The van der Waals surface area contributed by atoms with Crippen LogP contribution < -0.4 is 11.1 Å². The van der Waals surface area contributed by atoms with Gasteiger partial charge in [0.1, 0.15) is 0 Å². The molecule has 0 bridgehead atoms. The molecule has 1 aromatic heterocycles. The van der Waals surface area contributed by atoms with Crippen LogP contribution in [0.25, 0.3) is 10.2 Å². The fourth-order valence-corrected chi connectivity index (χ4v) is 2.57. The minimum atomic E-state index is -0.526. The average molecular weight is 279 g/mol. The second-order valence-electron chi connectivity index (χ2n) is 4.22. The highest BCUT2D eigenvalue weighted by Crippen LogP contribution is 2.25. The van der Waals surface area contributed by atoms with Gasteiger partial charge in [0.05, 0.1) is 16.3 Å². The lowest BCUT2D eigenvalue weighted by molar-refractivity contribution is -0.117. The first-order chi connectivity index (χ1) is 9.20. The van der Waals surface area contributed by atoms with E-state index in [9.17, 15) is 4.79 Å². The summed E-state index contributed by atoms with van der Waals surface area (Å²) in [5, 5.41) is 3.35. The monoisotopic (exact) mass is 279 g/mol. The number of thiazole rings is 1. The van der Waals surface area contributed by atoms with E-state index in [2.05, 4.69) is 10.3 Å². The summed E-state index contributed by atoms with van der Waals surface area (Å²) in [6, 6.07) is 7.23. The molecule has 0 saturated heterocycles. The van der Waals surface area contributed by atoms with Gasteiger partial charge in [0.15, 0.2) is 5.13 Å². The van der Waals surface area contributed by atoms with Gasteiger partial charge in [-0.05, 0) is 25.0 Å². The number of methoxy groups -OCH3 is 1. The first-order valence-corrected chi connectivity index (χ1v) is 6.93. The summed E-state index contributed by atoms with van der Waals surface area (Å²) in [4.78, 5) is 16.2. The molecule has 1 heterocycles. The molecule has 5 nitrogen and oxygen atoms in total. The minimum Gasteiger partial charge on any atom is -0.385 e. The number of anilines is 1. The third-order valence-corrected chi connectivity index (χ3v) is 3.68. The average Bonchev–Trinajstić information content (AvgIpc) is 2.80. The first-order valence-electron chi connectivity index (χ1n) is 6.11. The quantitative estimate of drug-likeness (QED) is 0.793. The number of hydrogen-bond donors (Lipinski definition) is 2. The van der Waals surface area contributed by atoms with Gasteiger partial charge in [-0.25, -0.2) is 4.98 Å². The number of nitrogens with zero attached hydrogens (tertiary/aromatic N) is 1. The Hall–Kier alpha value is -1.50. The zero-order valence-electron chi connectivity index (χ0n) is 10.8. The molecule has 6 heteroatoms. The predicted molar refractivity (Wildman–Crippen MR) is 77.3 cm³/mol. The molecule has 2 aromatic rings. The van der Waals surface area contributed by atoms with Crippen molar-refractivity contribution in [3.8, 4) is 0 Å². The van der Waals surface area contributed by atoms with Crippen LogP contribution in [0.1, 0.15) is 12.8 Å². The molecule has 19 heavy (non-hydrogen) atoms. The Balaban J connectivity index is 1.94. The fourth-order valence-electron chi connectivity index (χ4n) is 1.70. The third kappa shape index (κ3) is 3.73. The SMILES string of the molecule is COCCCC(N)C(=O)Nc1nc2ccccc2s1. The maximum absolute atomic E-state index is 11.9. The smallest absolute Gasteiger partial charge is 0.243 e. The molecule has 3 N–H and O–H groups in total. The second kappa shape index (κ2) is 6.60. The number of aromatic nitrogens is 1. The van der Waals surface area contributed by atoms with E-state index in [0.717, 1.165) is 16.6 Å². The zero-order valence-corrected chi connectivity index (χ0v) is 11.6. The summed E-state index contributed by atoms with van der Waals surface area (Å²) in [7, 11) is 1.63. The molecule has 1 atom stereocenters. The number of amides is 1. The standard InChI is InChI=1S/C13H17N3O2S/c1-18-8-4-5-9(14)12(17)16-13-15-10-6-2-3-7-11(10)19-13/h2-3,6-7,9H,4-5,8,14H2,1H3,(H,15,16,17). The Kier molecular flexibility index (Phi) is 4.84. The number of nitrogens with one attached hydrogen (secondary N) is 1. The van der Waals surface area contributed by atoms with Gasteiger partial charge in [-0.15, -0.1) is 0 Å². The van der Waals surface area contributed by atoms with E-state index in [4.69, 9.17) is 10.5 Å². The van der Waals surface area contributed by atoms with Crippen molar-refractivity contribution in [3.63, 3.8) is 0 Å². The van der Waals surface area contributed by atoms with Crippen LogP contribution in [0.4, 0.5) is 5.13 Å². The highest BCUT2D eigenvalue weighted by Gasteiger charge is 2.15. The highest BCUT2D eigenvalue weighted by atomic mass is 32.1. The lowest BCUT2D eigenvalue weighted by Crippen LogP contribution is -2.35. The van der Waals surface area contributed by atoms with Crippen LogP contribution >= 0.6 is 11.3 Å². The number of para-hydroxylation sites is 1. The van der Waals surface area contributed by atoms with Crippen LogP contribution in [0.3, 0.4) is 0 Å². The van der Waals surface area contributed by atoms with Crippen LogP contribution in [-0.4, -0.2) is 30.6 Å². The first kappa shape index (κ1) is 13.9. The van der Waals surface area contributed by atoms with E-state index in [1.807, 2.05) is 24.3 Å². The van der Waals surface area contributed by atoms with Crippen molar-refractivity contribution in [1.82, 2.24) is 4.98 Å². The summed E-state index contributed by atoms with van der Waals surface area (Å²) in [6.45, 7) is 0.613. The molecular formula is C13H17N3O2S. The van der Waals surface area contributed by atoms with E-state index in [1.165, 1.54) is 11.3 Å². The number of hydrogen-bond acceptors (Lipinski definition) is 5. The molecular weight excluding hydrogens is 262 g/mol. The Morgan fingerprint density at radius 3 is 3.05 bits per heavy atom. The van der Waals surface area contributed by atoms with Crippen molar-refractivity contribution in [3.05, 3.63) is 24.3 Å². The van der Waals surface area contributed by atoms with E-state index >= 15 is 0 Å². The van der Waals surface area contributed by atoms with Gasteiger partial charge in [0.2, 0.25) is 5.91 Å². The Morgan fingerprint density at radius 1 is 1.53 bits per heavy atom. The summed E-state index contributed by atoms with van der Waals surface area (Å²) in [5.41, 5.74) is 6.69. The summed E-state index contributed by atoms with van der Waals surface area (Å²) < 4.78 is 5.98. The predicted octanol–water partition coefficient (Wildman–Crippen LogP) is 1.99. The number of rotatable bonds is 6. The maximum Gasteiger partial charge on any atom is 0.243 e. The molecule has 1 aromatic carbocycles. The van der Waals surface area contributed by atoms with Crippen molar-refractivity contribution in [2.24, 2.45) is 5.73 Å². The zero-order chi connectivity index (χ0) is 13.7. The second-order valence-corrected chi connectivity index (χ2v) is 5.25. The largest absolute Gasteiger partial charge is 0.385 e. The number of carbonyl (C=O) groups excluding carboxylic acids is 1. The Bertz CT molecular complexity index is 523. The van der Waals surface area contributed by atoms with E-state index in [1.54, 1.807) is 7.11 Å². The van der Waals surface area contributed by atoms with Crippen molar-refractivity contribution >= 4 is 32.6 Å². The summed E-state index contributed by atoms with van der Waals surface area (Å²) in [6.07, 6.45) is 1.37. The van der Waals surface area contributed by atoms with E-state index in [0.29, 0.717) is 18.2 Å². The van der Waals surface area contributed by atoms with Crippen LogP contribution in [0, 0.1) is 0 Å². The van der Waals surface area contributed by atoms with Crippen molar-refractivity contribution < 1.29 is 9.53 Å². The Labute approximate surface area is 115 Å². The lowest BCUT2D eigenvalue weighted by atomic mass is 10.1. The maximum atomic E-state index is 11.9. The number of nitrogens with two attached hydrogens (primary N) is 1. The highest BCUT2D eigenvalue weighted by molar-refractivity contribution is 7.22. The Morgan fingerprint density at radius 2 is 2.32 bits per heavy atom. The van der Waals surface area contributed by atoms with Gasteiger partial charge in [0.25, 0.3) is 0 Å². The van der Waals surface area contributed by atoms with Crippen molar-refractivity contribution in [1.29, 1.82) is 0 Å². The summed E-state index contributed by atoms with van der Waals surface area (Å²) in [5.74, 6) is -0.199. The molecule has 0 aliphatic rings. The molecule has 0 saturated carbocycles. The number of carbonyl (C=O) groups is 1. The topological polar surface area (TPSA) is 77.2 Å². The van der Waals surface area contributed by atoms with Crippen LogP contribution in [0.2, 0.25) is 0 Å². The number of fused-ring (bicyclic) bond motifs is 1. The van der Waals surface area contributed by atoms with Crippen LogP contribution in [-0.2, 0) is 9.53 Å². The normalized spacial score (nSPS) is 12.5.